The van der Waals surface area contributed by atoms with Gasteiger partial charge in [-0.2, -0.15) is 0 Å². The van der Waals surface area contributed by atoms with Gasteiger partial charge in [0, 0.05) is 16.5 Å². The molecule has 2 rings (SSSR count). The quantitative estimate of drug-likeness (QED) is 0.180. The maximum atomic E-state index is 12.8. The van der Waals surface area contributed by atoms with Gasteiger partial charge < -0.3 is 0 Å². The molecule has 0 N–H and O–H groups in total. The number of hydrogen-bond donors (Lipinski definition) is 0. The lowest BCUT2D eigenvalue weighted by Gasteiger charge is -2.08. The summed E-state index contributed by atoms with van der Waals surface area (Å²) < 4.78 is 0.923. The summed E-state index contributed by atoms with van der Waals surface area (Å²) in [4.78, 5) is 12.8. The Morgan fingerprint density at radius 2 is 1.21 bits per heavy atom. The van der Waals surface area contributed by atoms with Gasteiger partial charge in [0.25, 0.3) is 0 Å². The molecule has 160 valence electrons. The molecule has 0 heterocycles. The second-order valence-electron chi connectivity index (χ2n) is 8.41. The van der Waals surface area contributed by atoms with Crippen LogP contribution in [-0.4, -0.2) is 5.78 Å². The first-order chi connectivity index (χ1) is 14.2. The Bertz CT molecular complexity index is 722. The summed E-state index contributed by atoms with van der Waals surface area (Å²) in [5.74, 6) is 0.271. The number of fused-ring (bicyclic) bond motifs is 1. The summed E-state index contributed by atoms with van der Waals surface area (Å²) in [5.41, 5.74) is 0.859. The van der Waals surface area contributed by atoms with Crippen LogP contribution in [-0.2, 0) is 0 Å². The van der Waals surface area contributed by atoms with Crippen molar-refractivity contribution < 1.29 is 4.79 Å². The molecule has 0 bridgehead atoms. The summed E-state index contributed by atoms with van der Waals surface area (Å²) in [6.45, 7) is 2.28. The molecule has 1 nitrogen and oxygen atoms in total. The van der Waals surface area contributed by atoms with Gasteiger partial charge in [0.2, 0.25) is 0 Å². The van der Waals surface area contributed by atoms with Gasteiger partial charge in [0.1, 0.15) is 0 Å². The average molecular weight is 460 g/mol. The number of Topliss-reactive ketones (excluding diaryl/α,β-unsaturated/α-hetero) is 1. The molecule has 2 aromatic carbocycles. The van der Waals surface area contributed by atoms with Crippen LogP contribution in [0.15, 0.2) is 40.9 Å². The molecule has 0 aliphatic heterocycles. The fraction of sp³-hybridized carbons (Fsp3) is 0.593. The van der Waals surface area contributed by atoms with Crippen LogP contribution in [0.3, 0.4) is 0 Å². The van der Waals surface area contributed by atoms with E-state index in [2.05, 4.69) is 41.1 Å². The molecule has 2 aromatic rings. The minimum Gasteiger partial charge on any atom is -0.294 e. The lowest BCUT2D eigenvalue weighted by molar-refractivity contribution is 0.0980. The maximum Gasteiger partial charge on any atom is 0.164 e. The van der Waals surface area contributed by atoms with Gasteiger partial charge in [-0.05, 0) is 23.3 Å². The largest absolute Gasteiger partial charge is 0.294 e. The zero-order valence-corrected chi connectivity index (χ0v) is 19.9. The Labute approximate surface area is 186 Å². The van der Waals surface area contributed by atoms with Crippen molar-refractivity contribution in [2.24, 2.45) is 0 Å². The molecule has 0 aliphatic rings. The number of carbonyl (C=O) groups excluding carboxylic acids is 1. The van der Waals surface area contributed by atoms with Crippen molar-refractivity contribution >= 4 is 32.5 Å². The minimum atomic E-state index is 0.271. The smallest absolute Gasteiger partial charge is 0.164 e. The van der Waals surface area contributed by atoms with Gasteiger partial charge >= 0.3 is 0 Å². The number of carbonyl (C=O) groups is 1. The van der Waals surface area contributed by atoms with E-state index in [-0.39, 0.29) is 5.78 Å². The van der Waals surface area contributed by atoms with Crippen LogP contribution in [0.5, 0.6) is 0 Å². The summed E-state index contributed by atoms with van der Waals surface area (Å²) in [5, 5.41) is 2.21. The van der Waals surface area contributed by atoms with E-state index in [1.165, 1.54) is 83.5 Å². The Hall–Kier alpha value is -1.15. The van der Waals surface area contributed by atoms with Crippen LogP contribution in [0.4, 0.5) is 0 Å². The van der Waals surface area contributed by atoms with Gasteiger partial charge in [-0.3, -0.25) is 4.79 Å². The number of ketones is 1. The van der Waals surface area contributed by atoms with E-state index in [0.29, 0.717) is 6.42 Å². The molecule has 0 atom stereocenters. The van der Waals surface area contributed by atoms with E-state index in [0.717, 1.165) is 27.2 Å². The van der Waals surface area contributed by atoms with Crippen LogP contribution in [0, 0.1) is 0 Å². The monoisotopic (exact) mass is 458 g/mol. The fourth-order valence-electron chi connectivity index (χ4n) is 4.13. The average Bonchev–Trinajstić information content (AvgIpc) is 2.73. The van der Waals surface area contributed by atoms with E-state index in [9.17, 15) is 4.79 Å². The van der Waals surface area contributed by atoms with Gasteiger partial charge in [0.15, 0.2) is 5.78 Å². The fourth-order valence-corrected chi connectivity index (χ4v) is 4.70. The normalized spacial score (nSPS) is 11.2. The van der Waals surface area contributed by atoms with E-state index in [1.807, 2.05) is 18.2 Å². The standard InChI is InChI=1S/C27H39BrO/c1-2-3-4-5-6-7-8-9-10-11-12-13-14-15-20-26(29)27-24-19-17-16-18-23(24)21-22-25(27)28/h16-19,21-22H,2-15,20H2,1H3. The van der Waals surface area contributed by atoms with Crippen molar-refractivity contribution in [3.8, 4) is 0 Å². The van der Waals surface area contributed by atoms with Crippen molar-refractivity contribution in [3.63, 3.8) is 0 Å². The third-order valence-corrected chi connectivity index (χ3v) is 6.58. The minimum absolute atomic E-state index is 0.271. The molecule has 0 fully saturated rings. The third kappa shape index (κ3) is 9.03. The van der Waals surface area contributed by atoms with E-state index in [1.54, 1.807) is 0 Å². The van der Waals surface area contributed by atoms with Gasteiger partial charge in [0.05, 0.1) is 0 Å². The molecule has 0 amide bonds. The molecular formula is C27H39BrO. The SMILES string of the molecule is CCCCCCCCCCCCCCCCC(=O)c1c(Br)ccc2ccccc12. The molecule has 0 spiro atoms. The zero-order chi connectivity index (χ0) is 20.7. The number of benzene rings is 2. The van der Waals surface area contributed by atoms with Gasteiger partial charge in [-0.1, -0.05) is 137 Å². The summed E-state index contributed by atoms with van der Waals surface area (Å²) in [6.07, 6.45) is 19.5. The first kappa shape index (κ1) is 24.1. The lowest BCUT2D eigenvalue weighted by atomic mass is 9.98. The highest BCUT2D eigenvalue weighted by molar-refractivity contribution is 9.10. The summed E-state index contributed by atoms with van der Waals surface area (Å²) in [7, 11) is 0. The van der Waals surface area contributed by atoms with Crippen LogP contribution in [0.2, 0.25) is 0 Å². The first-order valence-electron chi connectivity index (χ1n) is 11.9. The Morgan fingerprint density at radius 3 is 1.79 bits per heavy atom. The summed E-state index contributed by atoms with van der Waals surface area (Å²) >= 11 is 3.58. The topological polar surface area (TPSA) is 17.1 Å². The molecule has 0 aromatic heterocycles. The predicted molar refractivity (Wildman–Crippen MR) is 131 cm³/mol. The third-order valence-electron chi connectivity index (χ3n) is 5.91. The van der Waals surface area contributed by atoms with Crippen molar-refractivity contribution in [2.45, 2.75) is 103 Å². The highest BCUT2D eigenvalue weighted by atomic mass is 79.9. The molecule has 0 saturated carbocycles. The second-order valence-corrected chi connectivity index (χ2v) is 9.27. The van der Waals surface area contributed by atoms with E-state index < -0.39 is 0 Å². The molecule has 29 heavy (non-hydrogen) atoms. The van der Waals surface area contributed by atoms with Crippen molar-refractivity contribution in [1.29, 1.82) is 0 Å². The Balaban J connectivity index is 1.52. The Morgan fingerprint density at radius 1 is 0.690 bits per heavy atom. The lowest BCUT2D eigenvalue weighted by Crippen LogP contribution is -2.01. The second kappa shape index (κ2) is 14.8. The molecular weight excluding hydrogens is 420 g/mol. The van der Waals surface area contributed by atoms with E-state index >= 15 is 0 Å². The van der Waals surface area contributed by atoms with Crippen LogP contribution in [0.25, 0.3) is 10.8 Å². The van der Waals surface area contributed by atoms with Crippen LogP contribution >= 0.6 is 15.9 Å². The number of halogens is 1. The molecule has 0 radical (unpaired) electrons. The van der Waals surface area contributed by atoms with Gasteiger partial charge in [-0.25, -0.2) is 0 Å². The number of rotatable bonds is 16. The molecule has 0 aliphatic carbocycles. The predicted octanol–water partition coefficient (Wildman–Crippen LogP) is 9.66. The summed E-state index contributed by atoms with van der Waals surface area (Å²) in [6, 6.07) is 12.2. The first-order valence-corrected chi connectivity index (χ1v) is 12.7. The Kier molecular flexibility index (Phi) is 12.3. The van der Waals surface area contributed by atoms with Gasteiger partial charge in [-0.15, -0.1) is 0 Å². The molecule has 0 unspecified atom stereocenters. The zero-order valence-electron chi connectivity index (χ0n) is 18.4. The molecule has 0 saturated heterocycles. The van der Waals surface area contributed by atoms with Crippen LogP contribution < -0.4 is 0 Å². The highest BCUT2D eigenvalue weighted by Gasteiger charge is 2.13. The van der Waals surface area contributed by atoms with Crippen molar-refractivity contribution in [1.82, 2.24) is 0 Å². The van der Waals surface area contributed by atoms with E-state index in [4.69, 9.17) is 0 Å². The van der Waals surface area contributed by atoms with Crippen LogP contribution in [0.1, 0.15) is 114 Å². The highest BCUT2D eigenvalue weighted by Crippen LogP contribution is 2.28. The van der Waals surface area contributed by atoms with Crippen molar-refractivity contribution in [3.05, 3.63) is 46.4 Å². The number of hydrogen-bond acceptors (Lipinski definition) is 1. The number of unbranched alkanes of at least 4 members (excludes halogenated alkanes) is 13. The molecule has 2 heteroatoms. The maximum absolute atomic E-state index is 12.8. The van der Waals surface area contributed by atoms with Crippen molar-refractivity contribution in [2.75, 3.05) is 0 Å².